The van der Waals surface area contributed by atoms with E-state index < -0.39 is 5.60 Å². The van der Waals surface area contributed by atoms with E-state index in [1.807, 2.05) is 31.6 Å². The normalized spacial score (nSPS) is 18.5. The predicted molar refractivity (Wildman–Crippen MR) is 115 cm³/mol. The van der Waals surface area contributed by atoms with E-state index in [0.717, 1.165) is 42.3 Å². The third kappa shape index (κ3) is 4.39. The Morgan fingerprint density at radius 1 is 1.37 bits per heavy atom. The molecule has 1 atom stereocenters. The van der Waals surface area contributed by atoms with Gasteiger partial charge in [-0.05, 0) is 39.7 Å². The van der Waals surface area contributed by atoms with Gasteiger partial charge in [0.1, 0.15) is 23.6 Å². The Bertz CT molecular complexity index is 961. The van der Waals surface area contributed by atoms with Crippen molar-refractivity contribution in [1.82, 2.24) is 24.6 Å². The quantitative estimate of drug-likeness (QED) is 0.745. The molecule has 9 nitrogen and oxygen atoms in total. The van der Waals surface area contributed by atoms with Gasteiger partial charge in [-0.2, -0.15) is 5.10 Å². The predicted octanol–water partition coefficient (Wildman–Crippen LogP) is 3.34. The molecule has 0 spiro atoms. The highest BCUT2D eigenvalue weighted by atomic mass is 16.6. The first-order valence-electron chi connectivity index (χ1n) is 10.4. The summed E-state index contributed by atoms with van der Waals surface area (Å²) in [5.41, 5.74) is 2.79. The molecule has 30 heavy (non-hydrogen) atoms. The van der Waals surface area contributed by atoms with Crippen molar-refractivity contribution >= 4 is 23.4 Å². The van der Waals surface area contributed by atoms with Gasteiger partial charge >= 0.3 is 6.09 Å². The van der Waals surface area contributed by atoms with Gasteiger partial charge in [-0.15, -0.1) is 0 Å². The number of hydrogen-bond acceptors (Lipinski definition) is 7. The molecule has 2 N–H and O–H groups in total. The Morgan fingerprint density at radius 3 is 2.87 bits per heavy atom. The third-order valence-electron chi connectivity index (χ3n) is 5.23. The van der Waals surface area contributed by atoms with Gasteiger partial charge in [0.15, 0.2) is 0 Å². The number of fused-ring (bicyclic) bond motifs is 1. The van der Waals surface area contributed by atoms with E-state index in [2.05, 4.69) is 38.7 Å². The molecular formula is C21H29N7O2. The minimum absolute atomic E-state index is 0.163. The van der Waals surface area contributed by atoms with Gasteiger partial charge in [0.05, 0.1) is 17.9 Å². The maximum atomic E-state index is 12.3. The van der Waals surface area contributed by atoms with Crippen LogP contribution in [0.15, 0.2) is 30.4 Å². The lowest BCUT2D eigenvalue weighted by molar-refractivity contribution is 0.0265. The lowest BCUT2D eigenvalue weighted by Gasteiger charge is -2.31. The smallest absolute Gasteiger partial charge is 0.410 e. The van der Waals surface area contributed by atoms with E-state index in [1.165, 1.54) is 5.57 Å². The summed E-state index contributed by atoms with van der Waals surface area (Å²) in [6, 6.07) is 0.163. The summed E-state index contributed by atoms with van der Waals surface area (Å²) in [7, 11) is 0. The first kappa shape index (κ1) is 20.2. The summed E-state index contributed by atoms with van der Waals surface area (Å²) < 4.78 is 7.35. The van der Waals surface area contributed by atoms with Crippen molar-refractivity contribution in [1.29, 1.82) is 0 Å². The minimum atomic E-state index is -0.481. The molecule has 0 radical (unpaired) electrons. The molecule has 2 aliphatic rings. The average Bonchev–Trinajstić information content (AvgIpc) is 3.34. The lowest BCUT2D eigenvalue weighted by Crippen LogP contribution is -2.40. The number of anilines is 3. The summed E-state index contributed by atoms with van der Waals surface area (Å²) >= 11 is 0. The van der Waals surface area contributed by atoms with Gasteiger partial charge in [-0.1, -0.05) is 6.08 Å². The Labute approximate surface area is 176 Å². The van der Waals surface area contributed by atoms with E-state index in [4.69, 9.17) is 4.74 Å². The minimum Gasteiger partial charge on any atom is -0.444 e. The SMILES string of the molecule is CCn1cc(Nc2ncnc3c2CC(C2=CCN(C(=O)OC(C)(C)C)CC2)N3)cn1. The van der Waals surface area contributed by atoms with Gasteiger partial charge < -0.3 is 20.3 Å². The molecule has 160 valence electrons. The maximum absolute atomic E-state index is 12.3. The zero-order valence-corrected chi connectivity index (χ0v) is 18.0. The van der Waals surface area contributed by atoms with Crippen molar-refractivity contribution in [3.63, 3.8) is 0 Å². The first-order chi connectivity index (χ1) is 14.3. The number of ether oxygens (including phenoxy) is 1. The highest BCUT2D eigenvalue weighted by Gasteiger charge is 2.31. The van der Waals surface area contributed by atoms with Crippen LogP contribution < -0.4 is 10.6 Å². The number of nitrogens with zero attached hydrogens (tertiary/aromatic N) is 5. The van der Waals surface area contributed by atoms with Crippen LogP contribution in [0.3, 0.4) is 0 Å². The average molecular weight is 412 g/mol. The van der Waals surface area contributed by atoms with Crippen molar-refractivity contribution in [3.8, 4) is 0 Å². The third-order valence-corrected chi connectivity index (χ3v) is 5.23. The van der Waals surface area contributed by atoms with Crippen LogP contribution in [0, 0.1) is 0 Å². The second-order valence-corrected chi connectivity index (χ2v) is 8.62. The Kier molecular flexibility index (Phi) is 5.36. The standard InChI is InChI=1S/C21H29N7O2/c1-5-28-12-15(11-24-28)25-18-16-10-17(26-19(16)23-13-22-18)14-6-8-27(9-7-14)20(29)30-21(2,3)4/h6,11-13,17H,5,7-10H2,1-4H3,(H2,22,23,25,26). The summed E-state index contributed by atoms with van der Waals surface area (Å²) in [6.45, 7) is 9.74. The largest absolute Gasteiger partial charge is 0.444 e. The maximum Gasteiger partial charge on any atom is 0.410 e. The van der Waals surface area contributed by atoms with Gasteiger partial charge in [-0.3, -0.25) is 4.68 Å². The number of aryl methyl sites for hydroxylation is 1. The topological polar surface area (TPSA) is 97.2 Å². The molecule has 9 heteroatoms. The van der Waals surface area contributed by atoms with Crippen LogP contribution in [-0.4, -0.2) is 55.5 Å². The van der Waals surface area contributed by atoms with Crippen molar-refractivity contribution in [3.05, 3.63) is 35.9 Å². The summed E-state index contributed by atoms with van der Waals surface area (Å²) in [5, 5.41) is 11.2. The van der Waals surface area contributed by atoms with E-state index in [-0.39, 0.29) is 12.1 Å². The molecule has 0 aromatic carbocycles. The zero-order valence-electron chi connectivity index (χ0n) is 18.0. The molecule has 1 unspecified atom stereocenters. The molecule has 2 aromatic heterocycles. The molecule has 2 aromatic rings. The van der Waals surface area contributed by atoms with Gasteiger partial charge in [0.25, 0.3) is 0 Å². The Morgan fingerprint density at radius 2 is 2.20 bits per heavy atom. The van der Waals surface area contributed by atoms with Crippen LogP contribution in [0.5, 0.6) is 0 Å². The fraction of sp³-hybridized carbons (Fsp3) is 0.524. The fourth-order valence-corrected chi connectivity index (χ4v) is 3.71. The molecule has 0 aliphatic carbocycles. The molecule has 2 aliphatic heterocycles. The van der Waals surface area contributed by atoms with Crippen molar-refractivity contribution in [2.24, 2.45) is 0 Å². The second-order valence-electron chi connectivity index (χ2n) is 8.62. The van der Waals surface area contributed by atoms with E-state index in [9.17, 15) is 4.79 Å². The highest BCUT2D eigenvalue weighted by molar-refractivity contribution is 5.69. The molecule has 0 bridgehead atoms. The van der Waals surface area contributed by atoms with E-state index >= 15 is 0 Å². The van der Waals surface area contributed by atoms with Crippen LogP contribution in [0.1, 0.15) is 39.7 Å². The molecule has 0 saturated carbocycles. The number of hydrogen-bond donors (Lipinski definition) is 2. The monoisotopic (exact) mass is 411 g/mol. The number of rotatable bonds is 4. The van der Waals surface area contributed by atoms with E-state index in [1.54, 1.807) is 17.4 Å². The number of amides is 1. The number of aromatic nitrogens is 4. The van der Waals surface area contributed by atoms with Crippen LogP contribution in [-0.2, 0) is 17.7 Å². The van der Waals surface area contributed by atoms with Crippen LogP contribution in [0.2, 0.25) is 0 Å². The molecule has 4 rings (SSSR count). The molecular weight excluding hydrogens is 382 g/mol. The molecule has 0 saturated heterocycles. The summed E-state index contributed by atoms with van der Waals surface area (Å²) in [4.78, 5) is 22.9. The van der Waals surface area contributed by atoms with E-state index in [0.29, 0.717) is 13.1 Å². The first-order valence-corrected chi connectivity index (χ1v) is 10.4. The molecule has 0 fully saturated rings. The van der Waals surface area contributed by atoms with Crippen LogP contribution in [0.4, 0.5) is 22.1 Å². The number of nitrogens with one attached hydrogen (secondary N) is 2. The van der Waals surface area contributed by atoms with Gasteiger partial charge in [0, 0.05) is 37.8 Å². The Hall–Kier alpha value is -3.10. The Balaban J connectivity index is 1.42. The second kappa shape index (κ2) is 7.97. The fourth-order valence-electron chi connectivity index (χ4n) is 3.71. The zero-order chi connectivity index (χ0) is 21.3. The molecule has 4 heterocycles. The number of carbonyl (C=O) groups is 1. The van der Waals surface area contributed by atoms with Crippen molar-refractivity contribution < 1.29 is 9.53 Å². The van der Waals surface area contributed by atoms with Crippen LogP contribution in [0.25, 0.3) is 0 Å². The molecule has 1 amide bonds. The van der Waals surface area contributed by atoms with Crippen molar-refractivity contribution in [2.45, 2.75) is 58.7 Å². The highest BCUT2D eigenvalue weighted by Crippen LogP contribution is 2.34. The summed E-state index contributed by atoms with van der Waals surface area (Å²) in [6.07, 6.45) is 8.81. The van der Waals surface area contributed by atoms with Crippen LogP contribution >= 0.6 is 0 Å². The summed E-state index contributed by atoms with van der Waals surface area (Å²) in [5.74, 6) is 1.66. The van der Waals surface area contributed by atoms with Gasteiger partial charge in [0.2, 0.25) is 0 Å². The van der Waals surface area contributed by atoms with Crippen molar-refractivity contribution in [2.75, 3.05) is 23.7 Å². The lowest BCUT2D eigenvalue weighted by atomic mass is 9.97. The number of carbonyl (C=O) groups excluding carboxylic acids is 1. The van der Waals surface area contributed by atoms with Gasteiger partial charge in [-0.25, -0.2) is 14.8 Å².